The molecule has 0 atom stereocenters. The Kier molecular flexibility index (Phi) is 6.39. The molecule has 0 unspecified atom stereocenters. The molecule has 0 spiro atoms. The van der Waals surface area contributed by atoms with Gasteiger partial charge in [-0.25, -0.2) is 0 Å². The zero-order valence-electron chi connectivity index (χ0n) is 17.7. The zero-order valence-corrected chi connectivity index (χ0v) is 18.4. The van der Waals surface area contributed by atoms with Gasteiger partial charge in [0.1, 0.15) is 11.6 Å². The number of nitriles is 1. The summed E-state index contributed by atoms with van der Waals surface area (Å²) in [7, 11) is 0. The summed E-state index contributed by atoms with van der Waals surface area (Å²) in [5.74, 6) is -0.425. The number of rotatable bonds is 6. The number of nitrogens with zero attached hydrogens (tertiary/aromatic N) is 2. The molecule has 1 heterocycles. The van der Waals surface area contributed by atoms with Gasteiger partial charge in [0.05, 0.1) is 0 Å². The molecule has 0 saturated carbocycles. The van der Waals surface area contributed by atoms with Crippen LogP contribution in [-0.4, -0.2) is 10.5 Å². The maximum absolute atomic E-state index is 12.7. The molecule has 4 rings (SSSR count). The van der Waals surface area contributed by atoms with E-state index in [9.17, 15) is 10.1 Å². The van der Waals surface area contributed by atoms with Crippen LogP contribution in [0.2, 0.25) is 5.02 Å². The van der Waals surface area contributed by atoms with Crippen molar-refractivity contribution in [2.24, 2.45) is 0 Å². The van der Waals surface area contributed by atoms with E-state index in [2.05, 4.69) is 16.8 Å². The number of carbonyl (C=O) groups excluding carboxylic acids is 1. The van der Waals surface area contributed by atoms with Gasteiger partial charge in [-0.1, -0.05) is 61.0 Å². The predicted molar refractivity (Wildman–Crippen MR) is 131 cm³/mol. The summed E-state index contributed by atoms with van der Waals surface area (Å²) in [6, 6.07) is 25.4. The van der Waals surface area contributed by atoms with Crippen LogP contribution < -0.4 is 5.32 Å². The number of amides is 1. The molecule has 32 heavy (non-hydrogen) atoms. The zero-order chi connectivity index (χ0) is 22.5. The van der Waals surface area contributed by atoms with Crippen molar-refractivity contribution in [1.29, 1.82) is 5.26 Å². The van der Waals surface area contributed by atoms with Crippen LogP contribution >= 0.6 is 11.6 Å². The van der Waals surface area contributed by atoms with Gasteiger partial charge in [0, 0.05) is 39.9 Å². The van der Waals surface area contributed by atoms with E-state index in [1.54, 1.807) is 6.08 Å². The average Bonchev–Trinajstić information content (AvgIpc) is 3.16. The highest BCUT2D eigenvalue weighted by atomic mass is 35.5. The van der Waals surface area contributed by atoms with E-state index in [0.717, 1.165) is 28.5 Å². The number of fused-ring (bicyclic) bond motifs is 1. The maximum atomic E-state index is 12.7. The Balaban J connectivity index is 1.64. The molecule has 5 heteroatoms. The van der Waals surface area contributed by atoms with Crippen molar-refractivity contribution in [2.45, 2.75) is 19.9 Å². The lowest BCUT2D eigenvalue weighted by molar-refractivity contribution is -0.112. The number of para-hydroxylation sites is 1. The Hall–Kier alpha value is -3.81. The molecule has 4 aromatic rings. The van der Waals surface area contributed by atoms with Gasteiger partial charge in [-0.3, -0.25) is 4.79 Å². The van der Waals surface area contributed by atoms with E-state index in [0.29, 0.717) is 17.3 Å². The van der Waals surface area contributed by atoms with E-state index < -0.39 is 5.91 Å². The molecular formula is C27H22ClN3O. The van der Waals surface area contributed by atoms with Crippen LogP contribution in [0.25, 0.3) is 17.0 Å². The van der Waals surface area contributed by atoms with Gasteiger partial charge >= 0.3 is 0 Å². The second-order valence-corrected chi connectivity index (χ2v) is 7.97. The third-order valence-corrected chi connectivity index (χ3v) is 5.62. The molecule has 0 saturated heterocycles. The van der Waals surface area contributed by atoms with Crippen LogP contribution in [0, 0.1) is 11.3 Å². The number of nitrogens with one attached hydrogen (secondary N) is 1. The van der Waals surface area contributed by atoms with Crippen molar-refractivity contribution in [3.8, 4) is 6.07 Å². The minimum absolute atomic E-state index is 0.0546. The standard InChI is InChI=1S/C27H22ClN3O/c1-2-19-9-13-24(14-10-19)30-27(32)21(16-29)15-22-18-31(26-6-4-3-5-25(22)26)17-20-7-11-23(28)12-8-20/h3-15,18H,2,17H2,1H3,(H,30,32)/b21-15+. The summed E-state index contributed by atoms with van der Waals surface area (Å²) < 4.78 is 2.11. The molecule has 1 amide bonds. The van der Waals surface area contributed by atoms with Crippen molar-refractivity contribution in [3.63, 3.8) is 0 Å². The summed E-state index contributed by atoms with van der Waals surface area (Å²) >= 11 is 6.01. The van der Waals surface area contributed by atoms with E-state index in [1.165, 1.54) is 5.56 Å². The second-order valence-electron chi connectivity index (χ2n) is 7.53. The number of hydrogen-bond acceptors (Lipinski definition) is 2. The molecule has 1 aromatic heterocycles. The first-order chi connectivity index (χ1) is 15.6. The molecule has 4 nitrogen and oxygen atoms in total. The van der Waals surface area contributed by atoms with Gasteiger partial charge in [0.15, 0.2) is 0 Å². The summed E-state index contributed by atoms with van der Waals surface area (Å²) in [4.78, 5) is 12.7. The fraction of sp³-hybridized carbons (Fsp3) is 0.111. The Bertz CT molecular complexity index is 1330. The van der Waals surface area contributed by atoms with Gasteiger partial charge in [-0.2, -0.15) is 5.26 Å². The van der Waals surface area contributed by atoms with E-state index in [-0.39, 0.29) is 5.57 Å². The normalized spacial score (nSPS) is 11.3. The molecule has 0 fully saturated rings. The molecule has 0 aliphatic rings. The molecule has 158 valence electrons. The SMILES string of the molecule is CCc1ccc(NC(=O)/C(C#N)=C/c2cn(Cc3ccc(Cl)cc3)c3ccccc23)cc1. The van der Waals surface area contributed by atoms with E-state index >= 15 is 0 Å². The largest absolute Gasteiger partial charge is 0.342 e. The van der Waals surface area contributed by atoms with Gasteiger partial charge in [0.25, 0.3) is 5.91 Å². The Morgan fingerprint density at radius 3 is 2.41 bits per heavy atom. The smallest absolute Gasteiger partial charge is 0.266 e. The number of halogens is 1. The number of aryl methyl sites for hydroxylation is 1. The quantitative estimate of drug-likeness (QED) is 0.277. The summed E-state index contributed by atoms with van der Waals surface area (Å²) in [6.07, 6.45) is 4.55. The lowest BCUT2D eigenvalue weighted by Gasteiger charge is -2.05. The molecule has 0 aliphatic heterocycles. The van der Waals surface area contributed by atoms with Gasteiger partial charge in [-0.15, -0.1) is 0 Å². The molecule has 0 aliphatic carbocycles. The molecule has 3 aromatic carbocycles. The van der Waals surface area contributed by atoms with Gasteiger partial charge < -0.3 is 9.88 Å². The fourth-order valence-corrected chi connectivity index (χ4v) is 3.76. The number of aromatic nitrogens is 1. The monoisotopic (exact) mass is 439 g/mol. The van der Waals surface area contributed by atoms with E-state index in [1.807, 2.05) is 85.1 Å². The van der Waals surface area contributed by atoms with Crippen LogP contribution in [0.3, 0.4) is 0 Å². The summed E-state index contributed by atoms with van der Waals surface area (Å²) in [6.45, 7) is 2.73. The number of carbonyl (C=O) groups is 1. The molecule has 1 N–H and O–H groups in total. The van der Waals surface area contributed by atoms with Crippen molar-refractivity contribution < 1.29 is 4.79 Å². The lowest BCUT2D eigenvalue weighted by atomic mass is 10.1. The fourth-order valence-electron chi connectivity index (χ4n) is 3.63. The number of hydrogen-bond donors (Lipinski definition) is 1. The van der Waals surface area contributed by atoms with Crippen LogP contribution in [0.4, 0.5) is 5.69 Å². The first-order valence-electron chi connectivity index (χ1n) is 10.4. The highest BCUT2D eigenvalue weighted by Gasteiger charge is 2.13. The lowest BCUT2D eigenvalue weighted by Crippen LogP contribution is -2.13. The van der Waals surface area contributed by atoms with Crippen molar-refractivity contribution in [3.05, 3.63) is 106 Å². The van der Waals surface area contributed by atoms with Crippen molar-refractivity contribution >= 4 is 40.2 Å². The molecular weight excluding hydrogens is 418 g/mol. The van der Waals surface area contributed by atoms with Crippen LogP contribution in [0.15, 0.2) is 84.6 Å². The highest BCUT2D eigenvalue weighted by Crippen LogP contribution is 2.25. The molecule has 0 bridgehead atoms. The number of anilines is 1. The average molecular weight is 440 g/mol. The van der Waals surface area contributed by atoms with Crippen molar-refractivity contribution in [2.75, 3.05) is 5.32 Å². The maximum Gasteiger partial charge on any atom is 0.266 e. The van der Waals surface area contributed by atoms with E-state index in [4.69, 9.17) is 11.6 Å². The Morgan fingerprint density at radius 1 is 1.03 bits per heavy atom. The van der Waals surface area contributed by atoms with Gasteiger partial charge in [0.2, 0.25) is 0 Å². The van der Waals surface area contributed by atoms with Crippen LogP contribution in [0.5, 0.6) is 0 Å². The minimum atomic E-state index is -0.425. The van der Waals surface area contributed by atoms with Crippen LogP contribution in [-0.2, 0) is 17.8 Å². The van der Waals surface area contributed by atoms with Crippen molar-refractivity contribution in [1.82, 2.24) is 4.57 Å². The Labute approximate surface area is 192 Å². The highest BCUT2D eigenvalue weighted by molar-refractivity contribution is 6.30. The second kappa shape index (κ2) is 9.55. The third kappa shape index (κ3) is 4.74. The number of benzene rings is 3. The topological polar surface area (TPSA) is 57.8 Å². The van der Waals surface area contributed by atoms with Gasteiger partial charge in [-0.05, 0) is 54.0 Å². The Morgan fingerprint density at radius 2 is 1.72 bits per heavy atom. The molecule has 0 radical (unpaired) electrons. The first-order valence-corrected chi connectivity index (χ1v) is 10.8. The first kappa shape index (κ1) is 21.4. The minimum Gasteiger partial charge on any atom is -0.342 e. The summed E-state index contributed by atoms with van der Waals surface area (Å²) in [5.41, 5.74) is 4.87. The third-order valence-electron chi connectivity index (χ3n) is 5.37. The van der Waals surface area contributed by atoms with Crippen LogP contribution in [0.1, 0.15) is 23.6 Å². The summed E-state index contributed by atoms with van der Waals surface area (Å²) in [5, 5.41) is 14.2. The predicted octanol–water partition coefficient (Wildman–Crippen LogP) is 6.45.